The molecule has 0 saturated carbocycles. The van der Waals surface area contributed by atoms with Gasteiger partial charge in [-0.3, -0.25) is 4.98 Å². The highest BCUT2D eigenvalue weighted by Gasteiger charge is 2.18. The molecule has 6 nitrogen and oxygen atoms in total. The fraction of sp³-hybridized carbons (Fsp3) is 0.0556. The minimum absolute atomic E-state index is 0.0297. The van der Waals surface area contributed by atoms with Crippen molar-refractivity contribution in [3.8, 4) is 34.2 Å². The zero-order valence-electron chi connectivity index (χ0n) is 13.9. The lowest BCUT2D eigenvalue weighted by molar-refractivity contribution is 0.146. The van der Waals surface area contributed by atoms with Crippen LogP contribution in [0.4, 0.5) is 17.6 Å². The highest BCUT2D eigenvalue weighted by atomic mass is 19.3. The Balaban J connectivity index is 1.78. The predicted octanol–water partition coefficient (Wildman–Crippen LogP) is 4.47. The second-order valence-electron chi connectivity index (χ2n) is 5.64. The van der Waals surface area contributed by atoms with Crippen molar-refractivity contribution in [2.45, 2.75) is 6.43 Å². The molecular formula is C18H9F4N5O. The van der Waals surface area contributed by atoms with Crippen LogP contribution in [-0.4, -0.2) is 25.1 Å². The van der Waals surface area contributed by atoms with Crippen LogP contribution in [0, 0.1) is 11.6 Å². The molecule has 0 aliphatic heterocycles. The first-order valence-electron chi connectivity index (χ1n) is 7.86. The van der Waals surface area contributed by atoms with Gasteiger partial charge in [0.25, 0.3) is 12.3 Å². The van der Waals surface area contributed by atoms with Crippen LogP contribution in [0.25, 0.3) is 34.2 Å². The first-order chi connectivity index (χ1) is 13.5. The Labute approximate surface area is 154 Å². The quantitative estimate of drug-likeness (QED) is 0.481. The van der Waals surface area contributed by atoms with Gasteiger partial charge in [0, 0.05) is 11.8 Å². The van der Waals surface area contributed by atoms with Crippen LogP contribution in [0.1, 0.15) is 12.1 Å². The Bertz CT molecular complexity index is 1130. The number of halogens is 4. The van der Waals surface area contributed by atoms with E-state index in [-0.39, 0.29) is 34.2 Å². The molecular weight excluding hydrogens is 378 g/mol. The van der Waals surface area contributed by atoms with E-state index >= 15 is 0 Å². The largest absolute Gasteiger partial charge is 0.332 e. The average Bonchev–Trinajstić information content (AvgIpc) is 3.18. The summed E-state index contributed by atoms with van der Waals surface area (Å²) in [5.74, 6) is -1.26. The van der Waals surface area contributed by atoms with Crippen molar-refractivity contribution in [1.29, 1.82) is 0 Å². The number of hydrogen-bond donors (Lipinski definition) is 0. The van der Waals surface area contributed by atoms with Crippen molar-refractivity contribution in [2.24, 2.45) is 0 Å². The normalized spacial score (nSPS) is 11.2. The van der Waals surface area contributed by atoms with E-state index in [1.165, 1.54) is 24.4 Å². The molecule has 4 aromatic rings. The van der Waals surface area contributed by atoms with Crippen molar-refractivity contribution >= 4 is 0 Å². The van der Waals surface area contributed by atoms with Gasteiger partial charge in [0.15, 0.2) is 0 Å². The predicted molar refractivity (Wildman–Crippen MR) is 88.9 cm³/mol. The van der Waals surface area contributed by atoms with E-state index in [0.29, 0.717) is 0 Å². The van der Waals surface area contributed by atoms with E-state index < -0.39 is 23.8 Å². The summed E-state index contributed by atoms with van der Waals surface area (Å²) >= 11 is 0. The fourth-order valence-corrected chi connectivity index (χ4v) is 2.45. The molecule has 0 saturated heterocycles. The maximum atomic E-state index is 13.5. The molecule has 0 aromatic carbocycles. The summed E-state index contributed by atoms with van der Waals surface area (Å²) in [6, 6.07) is 6.20. The third kappa shape index (κ3) is 3.56. The third-order valence-corrected chi connectivity index (χ3v) is 3.71. The smallest absolute Gasteiger partial charge is 0.280 e. The van der Waals surface area contributed by atoms with Crippen molar-refractivity contribution in [1.82, 2.24) is 25.1 Å². The number of nitrogens with zero attached hydrogens (tertiary/aromatic N) is 5. The van der Waals surface area contributed by atoms with E-state index in [4.69, 9.17) is 4.52 Å². The summed E-state index contributed by atoms with van der Waals surface area (Å²) in [6.45, 7) is 0. The van der Waals surface area contributed by atoms with Gasteiger partial charge in [-0.15, -0.1) is 0 Å². The Hall–Kier alpha value is -3.69. The molecule has 0 amide bonds. The van der Waals surface area contributed by atoms with Gasteiger partial charge in [0.05, 0.1) is 12.4 Å². The number of alkyl halides is 2. The van der Waals surface area contributed by atoms with Gasteiger partial charge in [-0.2, -0.15) is 4.98 Å². The van der Waals surface area contributed by atoms with Gasteiger partial charge in [-0.1, -0.05) is 5.16 Å². The van der Waals surface area contributed by atoms with Gasteiger partial charge in [0.2, 0.25) is 5.82 Å². The molecule has 140 valence electrons. The SMILES string of the molecule is Fc1ccc(-c2noc(-c3cc(-c4cncc(F)c4)cc(C(F)F)n3)n2)nc1. The first-order valence-corrected chi connectivity index (χ1v) is 7.86. The van der Waals surface area contributed by atoms with Gasteiger partial charge in [-0.05, 0) is 35.9 Å². The van der Waals surface area contributed by atoms with Gasteiger partial charge < -0.3 is 4.52 Å². The molecule has 0 N–H and O–H groups in total. The maximum Gasteiger partial charge on any atom is 0.280 e. The molecule has 0 bridgehead atoms. The summed E-state index contributed by atoms with van der Waals surface area (Å²) in [4.78, 5) is 15.4. The number of hydrogen-bond acceptors (Lipinski definition) is 6. The molecule has 4 heterocycles. The highest BCUT2D eigenvalue weighted by molar-refractivity contribution is 5.68. The molecule has 0 radical (unpaired) electrons. The Morgan fingerprint density at radius 2 is 1.68 bits per heavy atom. The van der Waals surface area contributed by atoms with Crippen LogP contribution >= 0.6 is 0 Å². The standard InChI is InChI=1S/C18H9F4N5O/c19-11-1-2-13(24-8-11)17-26-18(28-27-17)15-5-9(4-14(25-15)16(21)22)10-3-12(20)7-23-6-10/h1-8,16H. The molecule has 0 unspecified atom stereocenters. The monoisotopic (exact) mass is 387 g/mol. The lowest BCUT2D eigenvalue weighted by atomic mass is 10.1. The lowest BCUT2D eigenvalue weighted by Gasteiger charge is -2.07. The minimum atomic E-state index is -2.87. The lowest BCUT2D eigenvalue weighted by Crippen LogP contribution is -1.96. The van der Waals surface area contributed by atoms with E-state index in [2.05, 4.69) is 25.1 Å². The van der Waals surface area contributed by atoms with E-state index in [1.54, 1.807) is 0 Å². The maximum absolute atomic E-state index is 13.5. The van der Waals surface area contributed by atoms with Crippen LogP contribution in [-0.2, 0) is 0 Å². The summed E-state index contributed by atoms with van der Waals surface area (Å²) in [5.41, 5.74) is 0.197. The van der Waals surface area contributed by atoms with Crippen LogP contribution in [0.15, 0.2) is 53.4 Å². The zero-order valence-corrected chi connectivity index (χ0v) is 13.9. The zero-order chi connectivity index (χ0) is 19.7. The molecule has 0 aliphatic carbocycles. The summed E-state index contributed by atoms with van der Waals surface area (Å²) < 4.78 is 58.1. The average molecular weight is 387 g/mol. The summed E-state index contributed by atoms with van der Waals surface area (Å²) in [6.07, 6.45) is 0.441. The van der Waals surface area contributed by atoms with E-state index in [9.17, 15) is 17.6 Å². The molecule has 0 spiro atoms. The topological polar surface area (TPSA) is 77.6 Å². The van der Waals surface area contributed by atoms with Crippen LogP contribution in [0.5, 0.6) is 0 Å². The van der Waals surface area contributed by atoms with Crippen molar-refractivity contribution in [2.75, 3.05) is 0 Å². The highest BCUT2D eigenvalue weighted by Crippen LogP contribution is 2.29. The fourth-order valence-electron chi connectivity index (χ4n) is 2.45. The van der Waals surface area contributed by atoms with E-state index in [1.807, 2.05) is 0 Å². The minimum Gasteiger partial charge on any atom is -0.332 e. The molecule has 0 aliphatic rings. The number of pyridine rings is 3. The molecule has 10 heteroatoms. The summed E-state index contributed by atoms with van der Waals surface area (Å²) in [5, 5.41) is 3.71. The van der Waals surface area contributed by atoms with Gasteiger partial charge in [-0.25, -0.2) is 27.5 Å². The third-order valence-electron chi connectivity index (χ3n) is 3.71. The number of rotatable bonds is 4. The van der Waals surface area contributed by atoms with Crippen molar-refractivity contribution < 1.29 is 22.1 Å². The first kappa shape index (κ1) is 17.7. The molecule has 0 atom stereocenters. The Morgan fingerprint density at radius 1 is 0.821 bits per heavy atom. The van der Waals surface area contributed by atoms with Gasteiger partial charge in [0.1, 0.15) is 28.7 Å². The van der Waals surface area contributed by atoms with E-state index in [0.717, 1.165) is 24.5 Å². The van der Waals surface area contributed by atoms with Crippen LogP contribution < -0.4 is 0 Å². The van der Waals surface area contributed by atoms with Crippen LogP contribution in [0.2, 0.25) is 0 Å². The second kappa shape index (κ2) is 7.14. The second-order valence-corrected chi connectivity index (χ2v) is 5.64. The van der Waals surface area contributed by atoms with Crippen molar-refractivity contribution in [3.05, 3.63) is 66.3 Å². The summed E-state index contributed by atoms with van der Waals surface area (Å²) in [7, 11) is 0. The molecule has 28 heavy (non-hydrogen) atoms. The number of aromatic nitrogens is 5. The van der Waals surface area contributed by atoms with Crippen molar-refractivity contribution in [3.63, 3.8) is 0 Å². The Morgan fingerprint density at radius 3 is 2.39 bits per heavy atom. The molecule has 4 aromatic heterocycles. The molecule has 0 fully saturated rings. The molecule has 4 rings (SSSR count). The van der Waals surface area contributed by atoms with Crippen LogP contribution in [0.3, 0.4) is 0 Å². The Kier molecular flexibility index (Phi) is 4.52. The van der Waals surface area contributed by atoms with Gasteiger partial charge >= 0.3 is 0 Å².